The summed E-state index contributed by atoms with van der Waals surface area (Å²) < 4.78 is 6.53. The van der Waals surface area contributed by atoms with E-state index in [1.165, 1.54) is 10.6 Å². The molecule has 0 saturated heterocycles. The van der Waals surface area contributed by atoms with E-state index in [0.717, 1.165) is 17.0 Å². The molecule has 1 N–H and O–H groups in total. The molecular formula is C18H19N3O3. The van der Waals surface area contributed by atoms with Crippen LogP contribution in [0.3, 0.4) is 0 Å². The van der Waals surface area contributed by atoms with Gasteiger partial charge in [0.15, 0.2) is 11.3 Å². The van der Waals surface area contributed by atoms with E-state index in [1.807, 2.05) is 51.1 Å². The third-order valence-electron chi connectivity index (χ3n) is 3.80. The SMILES string of the molecule is COc1ccc(-c2cc(C(=O)O)n3nc(C(C)(C)C)cc3n2)cc1. The number of hydrogen-bond donors (Lipinski definition) is 1. The molecule has 0 fully saturated rings. The molecule has 3 rings (SSSR count). The number of carboxylic acid groups (broad SMARTS) is 1. The van der Waals surface area contributed by atoms with E-state index < -0.39 is 5.97 Å². The van der Waals surface area contributed by atoms with E-state index in [0.29, 0.717) is 11.3 Å². The second-order valence-corrected chi connectivity index (χ2v) is 6.61. The minimum Gasteiger partial charge on any atom is -0.497 e. The molecule has 0 aliphatic carbocycles. The molecule has 124 valence electrons. The van der Waals surface area contributed by atoms with Crippen LogP contribution in [0, 0.1) is 0 Å². The number of rotatable bonds is 3. The van der Waals surface area contributed by atoms with Crippen molar-refractivity contribution in [2.45, 2.75) is 26.2 Å². The maximum Gasteiger partial charge on any atom is 0.354 e. The molecule has 2 heterocycles. The predicted octanol–water partition coefficient (Wildman–Crippen LogP) is 3.40. The second kappa shape index (κ2) is 5.63. The van der Waals surface area contributed by atoms with Crippen molar-refractivity contribution in [3.63, 3.8) is 0 Å². The average molecular weight is 325 g/mol. The Labute approximate surface area is 139 Å². The molecule has 0 amide bonds. The van der Waals surface area contributed by atoms with E-state index in [1.54, 1.807) is 7.11 Å². The number of hydrogen-bond acceptors (Lipinski definition) is 4. The van der Waals surface area contributed by atoms with Crippen LogP contribution in [0.2, 0.25) is 0 Å². The quantitative estimate of drug-likeness (QED) is 0.798. The van der Waals surface area contributed by atoms with Crippen molar-refractivity contribution >= 4 is 11.6 Å². The first-order valence-electron chi connectivity index (χ1n) is 7.58. The number of methoxy groups -OCH3 is 1. The van der Waals surface area contributed by atoms with E-state index in [4.69, 9.17) is 4.74 Å². The third-order valence-corrected chi connectivity index (χ3v) is 3.80. The van der Waals surface area contributed by atoms with Crippen molar-refractivity contribution in [2.24, 2.45) is 0 Å². The van der Waals surface area contributed by atoms with Crippen LogP contribution < -0.4 is 4.74 Å². The Bertz CT molecular complexity index is 906. The lowest BCUT2D eigenvalue weighted by Crippen LogP contribution is -2.13. The number of nitrogens with zero attached hydrogens (tertiary/aromatic N) is 3. The van der Waals surface area contributed by atoms with Gasteiger partial charge in [-0.05, 0) is 30.3 Å². The smallest absolute Gasteiger partial charge is 0.354 e. The first-order chi connectivity index (χ1) is 11.3. The van der Waals surface area contributed by atoms with Gasteiger partial charge < -0.3 is 9.84 Å². The Morgan fingerprint density at radius 3 is 2.38 bits per heavy atom. The Kier molecular flexibility index (Phi) is 3.75. The summed E-state index contributed by atoms with van der Waals surface area (Å²) in [6.07, 6.45) is 0. The molecule has 0 atom stereocenters. The maximum atomic E-state index is 11.6. The van der Waals surface area contributed by atoms with Crippen molar-refractivity contribution in [3.05, 3.63) is 47.8 Å². The van der Waals surface area contributed by atoms with Crippen LogP contribution in [-0.4, -0.2) is 32.8 Å². The zero-order chi connectivity index (χ0) is 17.5. The molecule has 3 aromatic rings. The van der Waals surface area contributed by atoms with Gasteiger partial charge in [-0.3, -0.25) is 0 Å². The molecule has 2 aromatic heterocycles. The fourth-order valence-corrected chi connectivity index (χ4v) is 2.40. The molecule has 0 aliphatic heterocycles. The summed E-state index contributed by atoms with van der Waals surface area (Å²) in [5, 5.41) is 14.0. The zero-order valence-electron chi connectivity index (χ0n) is 14.1. The summed E-state index contributed by atoms with van der Waals surface area (Å²) >= 11 is 0. The summed E-state index contributed by atoms with van der Waals surface area (Å²) in [7, 11) is 1.60. The number of carboxylic acids is 1. The standard InChI is InChI=1S/C18H19N3O3/c1-18(2,3)15-10-16-19-13(9-14(17(22)23)21(16)20-15)11-5-7-12(24-4)8-6-11/h5-10H,1-4H3,(H,22,23). The Morgan fingerprint density at radius 2 is 1.83 bits per heavy atom. The van der Waals surface area contributed by atoms with Crippen molar-refractivity contribution in [2.75, 3.05) is 7.11 Å². The van der Waals surface area contributed by atoms with E-state index in [2.05, 4.69) is 10.1 Å². The van der Waals surface area contributed by atoms with Crippen molar-refractivity contribution < 1.29 is 14.6 Å². The summed E-state index contributed by atoms with van der Waals surface area (Å²) in [5.41, 5.74) is 2.61. The molecule has 0 radical (unpaired) electrons. The van der Waals surface area contributed by atoms with Crippen LogP contribution in [0.25, 0.3) is 16.9 Å². The minimum absolute atomic E-state index is 0.0846. The first kappa shape index (κ1) is 16.0. The molecule has 0 bridgehead atoms. The number of benzene rings is 1. The largest absolute Gasteiger partial charge is 0.497 e. The lowest BCUT2D eigenvalue weighted by Gasteiger charge is -2.13. The highest BCUT2D eigenvalue weighted by Crippen LogP contribution is 2.26. The topological polar surface area (TPSA) is 76.7 Å². The summed E-state index contributed by atoms with van der Waals surface area (Å²) in [6, 6.07) is 10.7. The fraction of sp³-hybridized carbons (Fsp3) is 0.278. The number of carbonyl (C=O) groups is 1. The fourth-order valence-electron chi connectivity index (χ4n) is 2.40. The average Bonchev–Trinajstić information content (AvgIpc) is 2.98. The van der Waals surface area contributed by atoms with Gasteiger partial charge in [-0.1, -0.05) is 20.8 Å². The third kappa shape index (κ3) is 2.82. The molecule has 0 spiro atoms. The monoisotopic (exact) mass is 325 g/mol. The van der Waals surface area contributed by atoms with Gasteiger partial charge in [0.05, 0.1) is 18.5 Å². The van der Waals surface area contributed by atoms with Crippen molar-refractivity contribution in [3.8, 4) is 17.0 Å². The van der Waals surface area contributed by atoms with Gasteiger partial charge in [0.1, 0.15) is 5.75 Å². The van der Waals surface area contributed by atoms with Gasteiger partial charge in [0, 0.05) is 17.0 Å². The van der Waals surface area contributed by atoms with Crippen LogP contribution in [0.5, 0.6) is 5.75 Å². The van der Waals surface area contributed by atoms with Gasteiger partial charge in [-0.15, -0.1) is 0 Å². The van der Waals surface area contributed by atoms with Crippen molar-refractivity contribution in [1.82, 2.24) is 14.6 Å². The van der Waals surface area contributed by atoms with E-state index in [9.17, 15) is 9.90 Å². The number of aromatic nitrogens is 3. The van der Waals surface area contributed by atoms with Crippen LogP contribution in [-0.2, 0) is 5.41 Å². The molecule has 24 heavy (non-hydrogen) atoms. The summed E-state index contributed by atoms with van der Waals surface area (Å²) in [5.74, 6) is -0.307. The number of aromatic carboxylic acids is 1. The minimum atomic E-state index is -1.04. The molecule has 0 unspecified atom stereocenters. The van der Waals surface area contributed by atoms with Gasteiger partial charge >= 0.3 is 5.97 Å². The van der Waals surface area contributed by atoms with Crippen LogP contribution >= 0.6 is 0 Å². The van der Waals surface area contributed by atoms with Gasteiger partial charge in [-0.25, -0.2) is 14.3 Å². The van der Waals surface area contributed by atoms with Crippen LogP contribution in [0.15, 0.2) is 36.4 Å². The van der Waals surface area contributed by atoms with Crippen LogP contribution in [0.1, 0.15) is 37.0 Å². The van der Waals surface area contributed by atoms with Gasteiger partial charge in [0.2, 0.25) is 0 Å². The van der Waals surface area contributed by atoms with Gasteiger partial charge in [-0.2, -0.15) is 5.10 Å². The molecule has 0 saturated carbocycles. The second-order valence-electron chi connectivity index (χ2n) is 6.61. The lowest BCUT2D eigenvalue weighted by atomic mass is 9.93. The van der Waals surface area contributed by atoms with Crippen molar-refractivity contribution in [1.29, 1.82) is 0 Å². The molecule has 0 aliphatic rings. The maximum absolute atomic E-state index is 11.6. The predicted molar refractivity (Wildman–Crippen MR) is 90.6 cm³/mol. The molecular weight excluding hydrogens is 306 g/mol. The Hall–Kier alpha value is -2.89. The number of fused-ring (bicyclic) bond motifs is 1. The zero-order valence-corrected chi connectivity index (χ0v) is 14.1. The first-order valence-corrected chi connectivity index (χ1v) is 7.58. The highest BCUT2D eigenvalue weighted by atomic mass is 16.5. The highest BCUT2D eigenvalue weighted by molar-refractivity contribution is 5.88. The Morgan fingerprint density at radius 1 is 1.17 bits per heavy atom. The normalized spacial score (nSPS) is 11.7. The van der Waals surface area contributed by atoms with E-state index in [-0.39, 0.29) is 11.1 Å². The summed E-state index contributed by atoms with van der Waals surface area (Å²) in [4.78, 5) is 16.2. The van der Waals surface area contributed by atoms with Gasteiger partial charge in [0.25, 0.3) is 0 Å². The van der Waals surface area contributed by atoms with Crippen LogP contribution in [0.4, 0.5) is 0 Å². The van der Waals surface area contributed by atoms with E-state index >= 15 is 0 Å². The summed E-state index contributed by atoms with van der Waals surface area (Å²) in [6.45, 7) is 6.08. The molecule has 1 aromatic carbocycles. The molecule has 6 nitrogen and oxygen atoms in total. The lowest BCUT2D eigenvalue weighted by molar-refractivity contribution is 0.0687. The highest BCUT2D eigenvalue weighted by Gasteiger charge is 2.21. The Balaban J connectivity index is 2.20. The molecule has 6 heteroatoms. The number of ether oxygens (including phenoxy) is 1.